The van der Waals surface area contributed by atoms with Crippen molar-refractivity contribution in [1.29, 1.82) is 0 Å². The number of benzene rings is 2. The molecule has 0 fully saturated rings. The van der Waals surface area contributed by atoms with E-state index in [1.807, 2.05) is 58.0 Å². The summed E-state index contributed by atoms with van der Waals surface area (Å²) in [6, 6.07) is 9.70. The van der Waals surface area contributed by atoms with E-state index in [9.17, 15) is 9.59 Å². The van der Waals surface area contributed by atoms with Gasteiger partial charge in [-0.05, 0) is 68.5 Å². The number of nitrogens with one attached hydrogen (secondary N) is 1. The van der Waals surface area contributed by atoms with Crippen LogP contribution in [0, 0.1) is 33.6 Å². The van der Waals surface area contributed by atoms with Crippen molar-refractivity contribution in [1.82, 2.24) is 5.32 Å². The Morgan fingerprint density at radius 3 is 2.42 bits per heavy atom. The lowest BCUT2D eigenvalue weighted by Crippen LogP contribution is -2.38. The van der Waals surface area contributed by atoms with Crippen molar-refractivity contribution >= 4 is 17.9 Å². The smallest absolute Gasteiger partial charge is 0.253 e. The number of hydrogen-bond donors (Lipinski definition) is 1. The maximum absolute atomic E-state index is 12.3. The molecule has 134 valence electrons. The molecule has 0 bridgehead atoms. The molecule has 0 radical (unpaired) electrons. The van der Waals surface area contributed by atoms with E-state index in [2.05, 4.69) is 16.4 Å². The van der Waals surface area contributed by atoms with Gasteiger partial charge in [0.15, 0.2) is 0 Å². The third-order valence-corrected chi connectivity index (χ3v) is 5.05. The van der Waals surface area contributed by atoms with Crippen molar-refractivity contribution < 1.29 is 9.59 Å². The molecular formula is C22H24N2O2. The van der Waals surface area contributed by atoms with E-state index in [0.29, 0.717) is 18.5 Å². The van der Waals surface area contributed by atoms with Gasteiger partial charge in [-0.1, -0.05) is 24.3 Å². The van der Waals surface area contributed by atoms with Crippen LogP contribution in [-0.2, 0) is 4.79 Å². The maximum atomic E-state index is 12.3. The van der Waals surface area contributed by atoms with Gasteiger partial charge >= 0.3 is 0 Å². The fourth-order valence-electron chi connectivity index (χ4n) is 3.17. The van der Waals surface area contributed by atoms with Crippen molar-refractivity contribution in [3.63, 3.8) is 0 Å². The molecule has 26 heavy (non-hydrogen) atoms. The van der Waals surface area contributed by atoms with E-state index in [0.717, 1.165) is 32.8 Å². The summed E-state index contributed by atoms with van der Waals surface area (Å²) in [5.74, 6) is -0.532. The molecule has 2 aromatic rings. The van der Waals surface area contributed by atoms with Crippen LogP contribution in [0.25, 0.3) is 6.08 Å². The number of amides is 2. The number of aryl methyl sites for hydroxylation is 4. The highest BCUT2D eigenvalue weighted by Gasteiger charge is 2.19. The van der Waals surface area contributed by atoms with Crippen LogP contribution in [-0.4, -0.2) is 18.4 Å². The lowest BCUT2D eigenvalue weighted by Gasteiger charge is -2.14. The molecule has 1 aliphatic rings. The summed E-state index contributed by atoms with van der Waals surface area (Å²) in [5.41, 5.74) is 5.03. The maximum Gasteiger partial charge on any atom is 0.253 e. The monoisotopic (exact) mass is 348 g/mol. The molecule has 0 spiro atoms. The van der Waals surface area contributed by atoms with Crippen LogP contribution in [0.2, 0.25) is 0 Å². The Bertz CT molecular complexity index is 1010. The van der Waals surface area contributed by atoms with Gasteiger partial charge in [0.1, 0.15) is 0 Å². The lowest BCUT2D eigenvalue weighted by atomic mass is 9.97. The zero-order valence-corrected chi connectivity index (χ0v) is 15.7. The highest BCUT2D eigenvalue weighted by Crippen LogP contribution is 2.12. The Morgan fingerprint density at radius 2 is 1.69 bits per heavy atom. The Morgan fingerprint density at radius 1 is 1.00 bits per heavy atom. The van der Waals surface area contributed by atoms with E-state index in [4.69, 9.17) is 0 Å². The number of carbonyl (C=O) groups excluding carboxylic acids is 2. The molecule has 2 amide bonds. The summed E-state index contributed by atoms with van der Waals surface area (Å²) in [5, 5.41) is 4.73. The number of hydrogen-bond acceptors (Lipinski definition) is 2. The quantitative estimate of drug-likeness (QED) is 0.922. The van der Waals surface area contributed by atoms with Gasteiger partial charge in [0, 0.05) is 17.3 Å². The third-order valence-electron chi connectivity index (χ3n) is 5.05. The summed E-state index contributed by atoms with van der Waals surface area (Å²) >= 11 is 0. The van der Waals surface area contributed by atoms with Crippen LogP contribution < -0.4 is 15.9 Å². The average molecular weight is 348 g/mol. The molecular weight excluding hydrogens is 324 g/mol. The van der Waals surface area contributed by atoms with E-state index in [1.165, 1.54) is 0 Å². The van der Waals surface area contributed by atoms with Gasteiger partial charge in [0.2, 0.25) is 0 Å². The van der Waals surface area contributed by atoms with E-state index in [1.54, 1.807) is 0 Å². The number of carbonyl (C=O) groups is 2. The fraction of sp³-hybridized carbons (Fsp3) is 0.318. The summed E-state index contributed by atoms with van der Waals surface area (Å²) < 4.78 is 0. The molecule has 4 heteroatoms. The van der Waals surface area contributed by atoms with Crippen LogP contribution in [0.4, 0.5) is 0 Å². The fourth-order valence-corrected chi connectivity index (χ4v) is 3.17. The zero-order valence-electron chi connectivity index (χ0n) is 15.7. The predicted molar refractivity (Wildman–Crippen MR) is 103 cm³/mol. The van der Waals surface area contributed by atoms with Crippen LogP contribution >= 0.6 is 0 Å². The Kier molecular flexibility index (Phi) is 5.03. The van der Waals surface area contributed by atoms with Crippen molar-refractivity contribution in [2.75, 3.05) is 6.54 Å². The van der Waals surface area contributed by atoms with Gasteiger partial charge in [-0.15, -0.1) is 0 Å². The first kappa shape index (κ1) is 18.1. The van der Waals surface area contributed by atoms with Gasteiger partial charge in [0.25, 0.3) is 11.8 Å². The van der Waals surface area contributed by atoms with Crippen molar-refractivity contribution in [2.45, 2.75) is 34.1 Å². The summed E-state index contributed by atoms with van der Waals surface area (Å²) in [7, 11) is 0. The normalized spacial score (nSPS) is 15.7. The molecule has 0 saturated heterocycles. The summed E-state index contributed by atoms with van der Waals surface area (Å²) in [6.07, 6.45) is 2.54. The lowest BCUT2D eigenvalue weighted by molar-refractivity contribution is -0.120. The second-order valence-electron chi connectivity index (χ2n) is 7.03. The minimum absolute atomic E-state index is 0.110. The molecule has 1 N–H and O–H groups in total. The number of nitrogens with zero attached hydrogens (tertiary/aromatic N) is 1. The van der Waals surface area contributed by atoms with Gasteiger partial charge in [-0.25, -0.2) is 4.99 Å². The van der Waals surface area contributed by atoms with Gasteiger partial charge in [-0.2, -0.15) is 0 Å². The molecule has 0 saturated carbocycles. The molecule has 0 aliphatic carbocycles. The second kappa shape index (κ2) is 7.24. The van der Waals surface area contributed by atoms with Crippen LogP contribution in [0.15, 0.2) is 35.3 Å². The van der Waals surface area contributed by atoms with Crippen molar-refractivity contribution in [3.05, 3.63) is 68.7 Å². The zero-order chi connectivity index (χ0) is 18.8. The second-order valence-corrected chi connectivity index (χ2v) is 7.03. The summed E-state index contributed by atoms with van der Waals surface area (Å²) in [4.78, 5) is 28.9. The Labute approximate surface area is 153 Å². The van der Waals surface area contributed by atoms with Crippen LogP contribution in [0.3, 0.4) is 0 Å². The van der Waals surface area contributed by atoms with Crippen LogP contribution in [0.5, 0.6) is 0 Å². The average Bonchev–Trinajstić information content (AvgIpc) is 2.61. The highest BCUT2D eigenvalue weighted by atomic mass is 16.2. The molecule has 3 rings (SSSR count). The van der Waals surface area contributed by atoms with Crippen molar-refractivity contribution in [3.8, 4) is 0 Å². The molecule has 1 heterocycles. The highest BCUT2D eigenvalue weighted by molar-refractivity contribution is 5.94. The summed E-state index contributed by atoms with van der Waals surface area (Å²) in [6.45, 7) is 8.44. The Balaban J connectivity index is 1.69. The Hall–Kier alpha value is -2.75. The molecule has 1 atom stereocenters. The van der Waals surface area contributed by atoms with Crippen LogP contribution in [0.1, 0.15) is 39.0 Å². The van der Waals surface area contributed by atoms with E-state index < -0.39 is 0 Å². The predicted octanol–water partition coefficient (Wildman–Crippen LogP) is 2.30. The minimum atomic E-state index is -0.289. The standard InChI is InChI=1S/C22H24N2O2/c1-13-7-8-17(11-16(13)4)21(25)23-10-9-18-12-19-14(2)5-6-15(3)20(19)24-22(18)26/h5-8,11-12,18H,9-10H2,1-4H3,(H,23,25). The van der Waals surface area contributed by atoms with Gasteiger partial charge < -0.3 is 5.32 Å². The molecule has 0 aromatic heterocycles. The first-order valence-corrected chi connectivity index (χ1v) is 8.93. The largest absolute Gasteiger partial charge is 0.352 e. The molecule has 1 unspecified atom stereocenters. The molecule has 1 aliphatic heterocycles. The topological polar surface area (TPSA) is 58.5 Å². The molecule has 2 aromatic carbocycles. The third kappa shape index (κ3) is 3.59. The first-order valence-electron chi connectivity index (χ1n) is 8.93. The molecule has 4 nitrogen and oxygen atoms in total. The van der Waals surface area contributed by atoms with E-state index >= 15 is 0 Å². The van der Waals surface area contributed by atoms with Crippen molar-refractivity contribution in [2.24, 2.45) is 10.9 Å². The number of fused-ring (bicyclic) bond motifs is 1. The van der Waals surface area contributed by atoms with E-state index in [-0.39, 0.29) is 17.7 Å². The van der Waals surface area contributed by atoms with Gasteiger partial charge in [-0.3, -0.25) is 9.59 Å². The minimum Gasteiger partial charge on any atom is -0.352 e. The van der Waals surface area contributed by atoms with Gasteiger partial charge in [0.05, 0.1) is 11.3 Å². The number of rotatable bonds is 4. The first-order chi connectivity index (χ1) is 12.4. The SMILES string of the molecule is Cc1ccc(C(=O)NCCC2C=c3c(C)ccc(C)c3=NC2=O)cc1C.